The Morgan fingerprint density at radius 2 is 2.00 bits per heavy atom. The topological polar surface area (TPSA) is 91.6 Å². The van der Waals surface area contributed by atoms with Crippen molar-refractivity contribution in [1.29, 1.82) is 0 Å². The number of amides is 1. The Morgan fingerprint density at radius 3 is 2.81 bits per heavy atom. The SMILES string of the molecule is O=C(NCCN1CCCC1)c1c(=O)c2cnc(NC3CC3)nc2n2c1sc1ccccc12. The van der Waals surface area contributed by atoms with E-state index in [0.29, 0.717) is 34.4 Å². The van der Waals surface area contributed by atoms with Gasteiger partial charge < -0.3 is 15.5 Å². The fourth-order valence-corrected chi connectivity index (χ4v) is 5.58. The van der Waals surface area contributed by atoms with E-state index in [4.69, 9.17) is 4.98 Å². The largest absolute Gasteiger partial charge is 0.351 e. The summed E-state index contributed by atoms with van der Waals surface area (Å²) in [6.07, 6.45) is 6.18. The van der Waals surface area contributed by atoms with Crippen molar-refractivity contribution in [1.82, 2.24) is 24.6 Å². The molecule has 0 bridgehead atoms. The van der Waals surface area contributed by atoms with Crippen molar-refractivity contribution < 1.29 is 4.79 Å². The summed E-state index contributed by atoms with van der Waals surface area (Å²) in [4.78, 5) is 38.7. The molecule has 1 aromatic carbocycles. The molecule has 8 nitrogen and oxygen atoms in total. The third-order valence-electron chi connectivity index (χ3n) is 6.23. The van der Waals surface area contributed by atoms with E-state index in [-0.39, 0.29) is 16.9 Å². The number of carbonyl (C=O) groups is 1. The van der Waals surface area contributed by atoms with E-state index in [2.05, 4.69) is 20.5 Å². The van der Waals surface area contributed by atoms with Crippen LogP contribution in [0.15, 0.2) is 35.3 Å². The van der Waals surface area contributed by atoms with E-state index in [0.717, 1.165) is 42.7 Å². The number of para-hydroxylation sites is 1. The molecule has 2 aliphatic rings. The van der Waals surface area contributed by atoms with Crippen LogP contribution in [0.4, 0.5) is 5.95 Å². The quantitative estimate of drug-likeness (QED) is 0.471. The molecule has 0 spiro atoms. The molecule has 4 heterocycles. The standard InChI is InChI=1S/C23H24N6O2S/c30-19-15-13-25-23(26-14-7-8-14)27-20(15)29-16-5-1-2-6-17(16)32-22(29)18(19)21(31)24-9-12-28-10-3-4-11-28/h1-2,5-6,13-14H,3-4,7-12H2,(H,24,31)(H,25,26,27). The second-order valence-corrected chi connectivity index (χ2v) is 9.60. The summed E-state index contributed by atoms with van der Waals surface area (Å²) in [6, 6.07) is 8.32. The van der Waals surface area contributed by atoms with Crippen LogP contribution < -0.4 is 16.1 Å². The minimum absolute atomic E-state index is 0.173. The van der Waals surface area contributed by atoms with Gasteiger partial charge in [-0.2, -0.15) is 4.98 Å². The van der Waals surface area contributed by atoms with Crippen molar-refractivity contribution in [3.8, 4) is 0 Å². The summed E-state index contributed by atoms with van der Waals surface area (Å²) in [5, 5.41) is 6.64. The van der Waals surface area contributed by atoms with E-state index in [1.807, 2.05) is 28.7 Å². The zero-order chi connectivity index (χ0) is 21.7. The normalized spacial score (nSPS) is 16.9. The molecule has 1 amide bonds. The molecule has 32 heavy (non-hydrogen) atoms. The van der Waals surface area contributed by atoms with Gasteiger partial charge in [0.05, 0.1) is 15.6 Å². The number of thiazole rings is 1. The minimum atomic E-state index is -0.333. The van der Waals surface area contributed by atoms with Crippen LogP contribution in [0.5, 0.6) is 0 Å². The van der Waals surface area contributed by atoms with Gasteiger partial charge in [-0.25, -0.2) is 4.98 Å². The zero-order valence-corrected chi connectivity index (χ0v) is 18.5. The Hall–Kier alpha value is -3.04. The highest BCUT2D eigenvalue weighted by atomic mass is 32.1. The molecule has 1 aliphatic heterocycles. The Balaban J connectivity index is 1.47. The average molecular weight is 449 g/mol. The molecule has 1 saturated heterocycles. The summed E-state index contributed by atoms with van der Waals surface area (Å²) in [5.74, 6) is 0.187. The predicted molar refractivity (Wildman–Crippen MR) is 127 cm³/mol. The van der Waals surface area contributed by atoms with Gasteiger partial charge in [0.2, 0.25) is 11.4 Å². The first-order chi connectivity index (χ1) is 15.7. The van der Waals surface area contributed by atoms with Gasteiger partial charge in [0.1, 0.15) is 10.4 Å². The third-order valence-corrected chi connectivity index (χ3v) is 7.38. The molecule has 0 atom stereocenters. The van der Waals surface area contributed by atoms with Gasteiger partial charge in [-0.15, -0.1) is 11.3 Å². The molecule has 4 aromatic rings. The van der Waals surface area contributed by atoms with Crippen molar-refractivity contribution in [3.63, 3.8) is 0 Å². The lowest BCUT2D eigenvalue weighted by Crippen LogP contribution is -2.35. The second-order valence-electron chi connectivity index (χ2n) is 8.57. The van der Waals surface area contributed by atoms with Crippen molar-refractivity contribution in [2.45, 2.75) is 31.7 Å². The van der Waals surface area contributed by atoms with E-state index in [1.54, 1.807) is 6.20 Å². The maximum Gasteiger partial charge on any atom is 0.258 e. The number of aromatic nitrogens is 3. The van der Waals surface area contributed by atoms with Gasteiger partial charge in [0.15, 0.2) is 5.65 Å². The molecule has 0 radical (unpaired) electrons. The lowest BCUT2D eigenvalue weighted by Gasteiger charge is -2.15. The molecule has 3 aromatic heterocycles. The van der Waals surface area contributed by atoms with E-state index in [1.165, 1.54) is 24.2 Å². The van der Waals surface area contributed by atoms with E-state index < -0.39 is 0 Å². The molecule has 6 rings (SSSR count). The highest BCUT2D eigenvalue weighted by molar-refractivity contribution is 7.24. The van der Waals surface area contributed by atoms with Gasteiger partial charge in [0.25, 0.3) is 5.91 Å². The van der Waals surface area contributed by atoms with Gasteiger partial charge in [-0.3, -0.25) is 14.0 Å². The average Bonchev–Trinajstić information content (AvgIpc) is 3.30. The number of fused-ring (bicyclic) bond motifs is 5. The lowest BCUT2D eigenvalue weighted by atomic mass is 10.2. The summed E-state index contributed by atoms with van der Waals surface area (Å²) in [5.41, 5.74) is 1.32. The van der Waals surface area contributed by atoms with Crippen molar-refractivity contribution in [3.05, 3.63) is 46.2 Å². The van der Waals surface area contributed by atoms with Crippen LogP contribution in [-0.2, 0) is 0 Å². The summed E-state index contributed by atoms with van der Waals surface area (Å²) in [6.45, 7) is 3.47. The number of hydrogen-bond acceptors (Lipinski definition) is 7. The summed E-state index contributed by atoms with van der Waals surface area (Å²) < 4.78 is 2.94. The van der Waals surface area contributed by atoms with Crippen LogP contribution in [0.25, 0.3) is 26.1 Å². The Bertz CT molecular complexity index is 1400. The summed E-state index contributed by atoms with van der Waals surface area (Å²) in [7, 11) is 0. The molecule has 9 heteroatoms. The van der Waals surface area contributed by atoms with Crippen LogP contribution in [0.3, 0.4) is 0 Å². The number of hydrogen-bond donors (Lipinski definition) is 2. The number of nitrogens with one attached hydrogen (secondary N) is 2. The predicted octanol–water partition coefficient (Wildman–Crippen LogP) is 2.86. The van der Waals surface area contributed by atoms with Crippen LogP contribution in [-0.4, -0.2) is 57.4 Å². The second kappa shape index (κ2) is 7.83. The summed E-state index contributed by atoms with van der Waals surface area (Å²) >= 11 is 1.45. The van der Waals surface area contributed by atoms with Crippen molar-refractivity contribution in [2.75, 3.05) is 31.5 Å². The van der Waals surface area contributed by atoms with Crippen LogP contribution in [0, 0.1) is 0 Å². The molecule has 2 N–H and O–H groups in total. The Labute approximate surface area is 188 Å². The molecule has 1 saturated carbocycles. The van der Waals surface area contributed by atoms with E-state index in [9.17, 15) is 9.59 Å². The Morgan fingerprint density at radius 1 is 1.19 bits per heavy atom. The van der Waals surface area contributed by atoms with Crippen molar-refractivity contribution >= 4 is 49.3 Å². The highest BCUT2D eigenvalue weighted by Gasteiger charge is 2.25. The number of benzene rings is 1. The maximum atomic E-state index is 13.4. The first-order valence-corrected chi connectivity index (χ1v) is 12.0. The third kappa shape index (κ3) is 3.41. The minimum Gasteiger partial charge on any atom is -0.351 e. The lowest BCUT2D eigenvalue weighted by molar-refractivity contribution is 0.0950. The van der Waals surface area contributed by atoms with Gasteiger partial charge in [-0.1, -0.05) is 12.1 Å². The molecular weight excluding hydrogens is 424 g/mol. The van der Waals surface area contributed by atoms with Crippen LogP contribution in [0.2, 0.25) is 0 Å². The fourth-order valence-electron chi connectivity index (χ4n) is 4.40. The number of nitrogens with zero attached hydrogens (tertiary/aromatic N) is 4. The molecule has 164 valence electrons. The number of anilines is 1. The van der Waals surface area contributed by atoms with Gasteiger partial charge in [-0.05, 0) is 50.9 Å². The first-order valence-electron chi connectivity index (χ1n) is 11.2. The number of carbonyl (C=O) groups excluding carboxylic acids is 1. The van der Waals surface area contributed by atoms with Crippen LogP contribution in [0.1, 0.15) is 36.0 Å². The Kier molecular flexibility index (Phi) is 4.80. The van der Waals surface area contributed by atoms with Crippen LogP contribution >= 0.6 is 11.3 Å². The smallest absolute Gasteiger partial charge is 0.258 e. The molecule has 2 fully saturated rings. The number of rotatable bonds is 6. The zero-order valence-electron chi connectivity index (χ0n) is 17.6. The monoisotopic (exact) mass is 448 g/mol. The maximum absolute atomic E-state index is 13.4. The molecule has 0 unspecified atom stereocenters. The number of pyridine rings is 1. The van der Waals surface area contributed by atoms with Gasteiger partial charge in [0, 0.05) is 25.3 Å². The highest BCUT2D eigenvalue weighted by Crippen LogP contribution is 2.31. The van der Waals surface area contributed by atoms with E-state index >= 15 is 0 Å². The van der Waals surface area contributed by atoms with Gasteiger partial charge >= 0.3 is 0 Å². The fraction of sp³-hybridized carbons (Fsp3) is 0.391. The molecule has 1 aliphatic carbocycles. The van der Waals surface area contributed by atoms with Crippen molar-refractivity contribution in [2.24, 2.45) is 0 Å². The molecular formula is C23H24N6O2S. The number of likely N-dealkylation sites (tertiary alicyclic amines) is 1. The first kappa shape index (κ1) is 19.6.